The second-order valence-electron chi connectivity index (χ2n) is 6.66. The number of ether oxygens (including phenoxy) is 1. The predicted octanol–water partition coefficient (Wildman–Crippen LogP) is 4.26. The van der Waals surface area contributed by atoms with Gasteiger partial charge in [0.2, 0.25) is 0 Å². The molecule has 1 aliphatic heterocycles. The van der Waals surface area contributed by atoms with Crippen molar-refractivity contribution in [3.63, 3.8) is 0 Å². The minimum Gasteiger partial charge on any atom is -0.492 e. The number of likely N-dealkylation sites (tertiary alicyclic amines) is 1. The lowest BCUT2D eigenvalue weighted by molar-refractivity contribution is 0.0635. The minimum atomic E-state index is -0.222. The fourth-order valence-corrected chi connectivity index (χ4v) is 3.47. The van der Waals surface area contributed by atoms with Crippen LogP contribution in [0, 0.1) is 5.92 Å². The average Bonchev–Trinajstić information content (AvgIpc) is 2.72. The molecule has 1 aromatic carbocycles. The van der Waals surface area contributed by atoms with Gasteiger partial charge in [-0.2, -0.15) is 0 Å². The molecule has 1 saturated heterocycles. The van der Waals surface area contributed by atoms with Crippen molar-refractivity contribution in [2.45, 2.75) is 26.2 Å². The Morgan fingerprint density at radius 1 is 1.30 bits per heavy atom. The van der Waals surface area contributed by atoms with Crippen molar-refractivity contribution in [3.05, 3.63) is 58.9 Å². The molecule has 1 fully saturated rings. The van der Waals surface area contributed by atoms with Crippen molar-refractivity contribution in [2.75, 3.05) is 19.7 Å². The number of carbonyl (C=O) groups excluding carboxylic acids is 2. The van der Waals surface area contributed by atoms with E-state index in [0.29, 0.717) is 41.7 Å². The van der Waals surface area contributed by atoms with Gasteiger partial charge in [0.15, 0.2) is 5.78 Å². The van der Waals surface area contributed by atoms with Gasteiger partial charge >= 0.3 is 0 Å². The van der Waals surface area contributed by atoms with Crippen LogP contribution in [0.3, 0.4) is 0 Å². The van der Waals surface area contributed by atoms with Crippen LogP contribution in [-0.2, 0) is 0 Å². The van der Waals surface area contributed by atoms with Gasteiger partial charge in [-0.25, -0.2) is 0 Å². The molecule has 0 spiro atoms. The highest BCUT2D eigenvalue weighted by Gasteiger charge is 2.30. The third kappa shape index (κ3) is 4.66. The molecule has 0 N–H and O–H groups in total. The van der Waals surface area contributed by atoms with Crippen molar-refractivity contribution in [3.8, 4) is 5.75 Å². The number of pyridine rings is 1. The van der Waals surface area contributed by atoms with Gasteiger partial charge in [-0.15, -0.1) is 0 Å². The number of hydrogen-bond donors (Lipinski definition) is 0. The Labute approximate surface area is 164 Å². The zero-order chi connectivity index (χ0) is 19.2. The molecule has 5 nitrogen and oxygen atoms in total. The first-order chi connectivity index (χ1) is 13.1. The van der Waals surface area contributed by atoms with Crippen LogP contribution in [0.15, 0.2) is 42.6 Å². The van der Waals surface area contributed by atoms with Crippen LogP contribution < -0.4 is 4.74 Å². The van der Waals surface area contributed by atoms with E-state index >= 15 is 0 Å². The molecular weight excluding hydrogens is 364 g/mol. The Balaban J connectivity index is 1.69. The van der Waals surface area contributed by atoms with Crippen LogP contribution in [0.5, 0.6) is 5.75 Å². The third-order valence-electron chi connectivity index (χ3n) is 4.64. The maximum Gasteiger partial charge on any atom is 0.253 e. The number of hydrogen-bond acceptors (Lipinski definition) is 4. The first kappa shape index (κ1) is 19.4. The number of piperidine rings is 1. The number of aromatic nitrogens is 1. The van der Waals surface area contributed by atoms with Crippen molar-refractivity contribution in [1.82, 2.24) is 9.88 Å². The number of ketones is 1. The van der Waals surface area contributed by atoms with E-state index in [0.717, 1.165) is 19.3 Å². The largest absolute Gasteiger partial charge is 0.492 e. The molecule has 1 amide bonds. The Morgan fingerprint density at radius 3 is 2.85 bits per heavy atom. The topological polar surface area (TPSA) is 59.5 Å². The fraction of sp³-hybridized carbons (Fsp3) is 0.381. The van der Waals surface area contributed by atoms with Gasteiger partial charge in [0, 0.05) is 30.8 Å². The number of nitrogens with zero attached hydrogens (tertiary/aromatic N) is 2. The molecule has 27 heavy (non-hydrogen) atoms. The van der Waals surface area contributed by atoms with Crippen molar-refractivity contribution in [1.29, 1.82) is 0 Å². The Bertz CT molecular complexity index is 810. The monoisotopic (exact) mass is 386 g/mol. The molecule has 0 bridgehead atoms. The van der Waals surface area contributed by atoms with E-state index in [9.17, 15) is 9.59 Å². The number of amides is 1. The zero-order valence-electron chi connectivity index (χ0n) is 15.4. The lowest BCUT2D eigenvalue weighted by Crippen LogP contribution is -2.42. The minimum absolute atomic E-state index is 0.00514. The number of rotatable bonds is 6. The highest BCUT2D eigenvalue weighted by Crippen LogP contribution is 2.27. The molecule has 1 aliphatic rings. The summed E-state index contributed by atoms with van der Waals surface area (Å²) in [5.41, 5.74) is 0.965. The van der Waals surface area contributed by atoms with Crippen LogP contribution in [-0.4, -0.2) is 41.3 Å². The summed E-state index contributed by atoms with van der Waals surface area (Å²) in [6, 6.07) is 10.4. The van der Waals surface area contributed by atoms with E-state index in [2.05, 4.69) is 4.98 Å². The predicted molar refractivity (Wildman–Crippen MR) is 104 cm³/mol. The van der Waals surface area contributed by atoms with Crippen molar-refractivity contribution in [2.24, 2.45) is 5.92 Å². The molecule has 142 valence electrons. The molecule has 0 radical (unpaired) electrons. The van der Waals surface area contributed by atoms with E-state index in [-0.39, 0.29) is 17.6 Å². The summed E-state index contributed by atoms with van der Waals surface area (Å²) in [6.07, 6.45) is 4.06. The number of Topliss-reactive ketones (excluding diaryl/α,β-unsaturated/α-hetero) is 1. The molecule has 1 aromatic heterocycles. The molecule has 2 aromatic rings. The van der Waals surface area contributed by atoms with E-state index < -0.39 is 0 Å². The lowest BCUT2D eigenvalue weighted by atomic mass is 9.91. The maximum atomic E-state index is 12.9. The van der Waals surface area contributed by atoms with E-state index in [4.69, 9.17) is 16.3 Å². The quantitative estimate of drug-likeness (QED) is 0.696. The molecule has 6 heteroatoms. The lowest BCUT2D eigenvalue weighted by Gasteiger charge is -2.32. The summed E-state index contributed by atoms with van der Waals surface area (Å²) in [7, 11) is 0. The van der Waals surface area contributed by atoms with Gasteiger partial charge in [-0.05, 0) is 49.6 Å². The zero-order valence-corrected chi connectivity index (χ0v) is 16.1. The molecular formula is C21H23ClN2O3. The normalized spacial score (nSPS) is 16.8. The summed E-state index contributed by atoms with van der Waals surface area (Å²) in [6.45, 7) is 3.64. The summed E-state index contributed by atoms with van der Waals surface area (Å²) < 4.78 is 5.56. The second-order valence-corrected chi connectivity index (χ2v) is 7.07. The van der Waals surface area contributed by atoms with Crippen LogP contribution in [0.25, 0.3) is 0 Å². The highest BCUT2D eigenvalue weighted by atomic mass is 35.5. The molecule has 0 aliphatic carbocycles. The smallest absolute Gasteiger partial charge is 0.253 e. The van der Waals surface area contributed by atoms with E-state index in [1.165, 1.54) is 0 Å². The summed E-state index contributed by atoms with van der Waals surface area (Å²) >= 11 is 6.25. The van der Waals surface area contributed by atoms with Gasteiger partial charge < -0.3 is 9.64 Å². The van der Waals surface area contributed by atoms with Gasteiger partial charge in [-0.3, -0.25) is 14.6 Å². The van der Waals surface area contributed by atoms with Crippen LogP contribution in [0.4, 0.5) is 0 Å². The SMILES string of the molecule is CCCOc1ccc(C(=O)N2CCCC(C(=O)c3ccccn3)C2)cc1Cl. The standard InChI is InChI=1S/C21H23ClN2O3/c1-2-12-27-19-9-8-15(13-17(19)22)21(26)24-11-5-6-16(14-24)20(25)18-7-3-4-10-23-18/h3-4,7-10,13,16H,2,5-6,11-12,14H2,1H3. The molecule has 0 saturated carbocycles. The summed E-state index contributed by atoms with van der Waals surface area (Å²) in [5.74, 6) is 0.240. The fourth-order valence-electron chi connectivity index (χ4n) is 3.24. The third-order valence-corrected chi connectivity index (χ3v) is 4.93. The van der Waals surface area contributed by atoms with Crippen LogP contribution >= 0.6 is 11.6 Å². The van der Waals surface area contributed by atoms with Crippen molar-refractivity contribution < 1.29 is 14.3 Å². The Hall–Kier alpha value is -2.40. The Morgan fingerprint density at radius 2 is 2.15 bits per heavy atom. The summed E-state index contributed by atoms with van der Waals surface area (Å²) in [5, 5.41) is 0.424. The van der Waals surface area contributed by atoms with Crippen LogP contribution in [0.1, 0.15) is 47.0 Å². The molecule has 1 atom stereocenters. The first-order valence-electron chi connectivity index (χ1n) is 9.27. The summed E-state index contributed by atoms with van der Waals surface area (Å²) in [4.78, 5) is 31.4. The first-order valence-corrected chi connectivity index (χ1v) is 9.64. The number of carbonyl (C=O) groups is 2. The number of halogens is 1. The van der Waals surface area contributed by atoms with Crippen LogP contribution in [0.2, 0.25) is 5.02 Å². The second kappa shape index (κ2) is 9.00. The molecule has 1 unspecified atom stereocenters. The van der Waals surface area contributed by atoms with Gasteiger partial charge in [0.25, 0.3) is 5.91 Å². The van der Waals surface area contributed by atoms with E-state index in [1.54, 1.807) is 47.5 Å². The van der Waals surface area contributed by atoms with Gasteiger partial charge in [0.1, 0.15) is 11.4 Å². The maximum absolute atomic E-state index is 12.9. The van der Waals surface area contributed by atoms with Gasteiger partial charge in [0.05, 0.1) is 11.6 Å². The average molecular weight is 387 g/mol. The molecule has 3 rings (SSSR count). The van der Waals surface area contributed by atoms with E-state index in [1.807, 2.05) is 6.92 Å². The Kier molecular flexibility index (Phi) is 6.45. The van der Waals surface area contributed by atoms with Gasteiger partial charge in [-0.1, -0.05) is 24.6 Å². The molecule has 2 heterocycles. The highest BCUT2D eigenvalue weighted by molar-refractivity contribution is 6.32. The van der Waals surface area contributed by atoms with Crippen molar-refractivity contribution >= 4 is 23.3 Å². The number of benzene rings is 1.